The summed E-state index contributed by atoms with van der Waals surface area (Å²) in [5.74, 6) is -1.20. The number of hydrogen-bond donors (Lipinski definition) is 1. The van der Waals surface area contributed by atoms with Crippen LogP contribution >= 0.6 is 0 Å². The summed E-state index contributed by atoms with van der Waals surface area (Å²) < 4.78 is 43.3. The molecule has 2 aromatic rings. The molecule has 37 heavy (non-hydrogen) atoms. The number of pyridine rings is 1. The Morgan fingerprint density at radius 3 is 2.22 bits per heavy atom. The monoisotopic (exact) mass is 521 g/mol. The number of esters is 1. The van der Waals surface area contributed by atoms with Gasteiger partial charge in [-0.3, -0.25) is 4.79 Å². The van der Waals surface area contributed by atoms with Crippen molar-refractivity contribution < 1.29 is 32.9 Å². The summed E-state index contributed by atoms with van der Waals surface area (Å²) in [6.45, 7) is 5.84. The van der Waals surface area contributed by atoms with Crippen molar-refractivity contribution in [2.24, 2.45) is 0 Å². The molecule has 11 heteroatoms. The summed E-state index contributed by atoms with van der Waals surface area (Å²) in [4.78, 5) is 27.9. The number of piperazine rings is 1. The predicted molar refractivity (Wildman–Crippen MR) is 136 cm³/mol. The second-order valence-electron chi connectivity index (χ2n) is 9.03. The fraction of sp³-hybridized carbons (Fsp3) is 0.615. The first-order chi connectivity index (χ1) is 18.1. The molecule has 1 aromatic carbocycles. The Labute approximate surface area is 215 Å². The number of nitrogens with one attached hydrogen (secondary N) is 1. The average Bonchev–Trinajstić information content (AvgIpc) is 3.75. The van der Waals surface area contributed by atoms with Crippen LogP contribution in [0.25, 0.3) is 10.9 Å². The fourth-order valence-electron chi connectivity index (χ4n) is 4.26. The maximum Gasteiger partial charge on any atom is 0.343 e. The zero-order valence-corrected chi connectivity index (χ0v) is 21.3. The van der Waals surface area contributed by atoms with Gasteiger partial charge in [0.25, 0.3) is 0 Å². The number of fused-ring (bicyclic) bond motifs is 1. The van der Waals surface area contributed by atoms with Gasteiger partial charge >= 0.3 is 5.97 Å². The first kappa shape index (κ1) is 27.5. The number of methoxy groups -OCH3 is 1. The molecule has 204 valence electrons. The molecule has 4 rings (SSSR count). The van der Waals surface area contributed by atoms with Gasteiger partial charge in [-0.05, 0) is 25.0 Å². The van der Waals surface area contributed by atoms with Crippen molar-refractivity contribution in [3.05, 3.63) is 39.9 Å². The second kappa shape index (κ2) is 13.8. The lowest BCUT2D eigenvalue weighted by molar-refractivity contribution is -0.00554. The van der Waals surface area contributed by atoms with E-state index in [9.17, 15) is 9.59 Å². The largest absolute Gasteiger partial charge is 0.459 e. The predicted octanol–water partition coefficient (Wildman–Crippen LogP) is 1.74. The lowest BCUT2D eigenvalue weighted by Gasteiger charge is -2.30. The van der Waals surface area contributed by atoms with E-state index in [-0.39, 0.29) is 30.2 Å². The summed E-state index contributed by atoms with van der Waals surface area (Å²) in [7, 11) is 1.62. The molecule has 0 bridgehead atoms. The zero-order valence-electron chi connectivity index (χ0n) is 21.3. The van der Waals surface area contributed by atoms with E-state index in [4.69, 9.17) is 23.7 Å². The summed E-state index contributed by atoms with van der Waals surface area (Å²) in [6.07, 6.45) is 3.46. The van der Waals surface area contributed by atoms with E-state index >= 15 is 4.39 Å². The number of anilines is 1. The Kier molecular flexibility index (Phi) is 10.3. The number of halogens is 1. The molecule has 1 aromatic heterocycles. The molecule has 2 heterocycles. The number of hydrogen-bond acceptors (Lipinski definition) is 9. The minimum atomic E-state index is -0.735. The Bertz CT molecular complexity index is 1100. The minimum Gasteiger partial charge on any atom is -0.459 e. The third kappa shape index (κ3) is 7.48. The van der Waals surface area contributed by atoms with Crippen molar-refractivity contribution >= 4 is 22.6 Å². The molecule has 2 aliphatic rings. The third-order valence-electron chi connectivity index (χ3n) is 6.36. The van der Waals surface area contributed by atoms with Crippen LogP contribution in [0.15, 0.2) is 23.1 Å². The number of rotatable bonds is 15. The van der Waals surface area contributed by atoms with Crippen molar-refractivity contribution in [3.63, 3.8) is 0 Å². The summed E-state index contributed by atoms with van der Waals surface area (Å²) in [5, 5.41) is 3.45. The lowest BCUT2D eigenvalue weighted by Crippen LogP contribution is -2.43. The smallest absolute Gasteiger partial charge is 0.343 e. The zero-order chi connectivity index (χ0) is 26.0. The van der Waals surface area contributed by atoms with Crippen LogP contribution in [0.1, 0.15) is 29.2 Å². The Hall–Kier alpha value is -2.57. The minimum absolute atomic E-state index is 0.00381. The quantitative estimate of drug-likeness (QED) is 0.277. The van der Waals surface area contributed by atoms with Crippen molar-refractivity contribution in [2.75, 3.05) is 91.0 Å². The highest BCUT2D eigenvalue weighted by Crippen LogP contribution is 2.38. The summed E-state index contributed by atoms with van der Waals surface area (Å²) in [6, 6.07) is 3.19. The van der Waals surface area contributed by atoms with Crippen LogP contribution in [0, 0.1) is 5.82 Å². The second-order valence-corrected chi connectivity index (χ2v) is 9.03. The van der Waals surface area contributed by atoms with Gasteiger partial charge in [0.05, 0.1) is 57.5 Å². The Balaban J connectivity index is 1.32. The van der Waals surface area contributed by atoms with Crippen LogP contribution in [0.5, 0.6) is 0 Å². The van der Waals surface area contributed by atoms with Crippen LogP contribution in [0.2, 0.25) is 0 Å². The SMILES string of the molecule is COCCOCCOCCOCCOC(=O)c1cn(C2CC2)c2cc(N3CCNCC3)c(F)cc2c1=O. The van der Waals surface area contributed by atoms with Crippen LogP contribution < -0.4 is 15.6 Å². The van der Waals surface area contributed by atoms with Gasteiger partial charge < -0.3 is 38.5 Å². The molecule has 1 N–H and O–H groups in total. The first-order valence-electron chi connectivity index (χ1n) is 12.8. The topological polar surface area (TPSA) is 100 Å². The summed E-state index contributed by atoms with van der Waals surface area (Å²) >= 11 is 0. The molecule has 2 fully saturated rings. The number of carbonyl (C=O) groups is 1. The molecule has 0 spiro atoms. The van der Waals surface area contributed by atoms with Crippen LogP contribution in [0.4, 0.5) is 10.1 Å². The molecule has 1 saturated heterocycles. The maximum atomic E-state index is 15.1. The van der Waals surface area contributed by atoms with Gasteiger partial charge in [-0.1, -0.05) is 0 Å². The Morgan fingerprint density at radius 1 is 0.973 bits per heavy atom. The van der Waals surface area contributed by atoms with E-state index in [1.807, 2.05) is 9.47 Å². The standard InChI is InChI=1S/C26H36FN3O7/c1-33-8-9-34-10-11-35-12-13-36-14-15-37-26(32)21-18-30(19-2-3-19)23-17-24(29-6-4-28-5-7-29)22(27)16-20(23)25(21)31/h16-19,28H,2-15H2,1H3. The highest BCUT2D eigenvalue weighted by Gasteiger charge is 2.28. The highest BCUT2D eigenvalue weighted by molar-refractivity contribution is 5.94. The van der Waals surface area contributed by atoms with E-state index in [0.717, 1.165) is 25.9 Å². The maximum absolute atomic E-state index is 15.1. The lowest BCUT2D eigenvalue weighted by atomic mass is 10.1. The molecule has 0 unspecified atom stereocenters. The highest BCUT2D eigenvalue weighted by atomic mass is 19.1. The van der Waals surface area contributed by atoms with Gasteiger partial charge in [-0.15, -0.1) is 0 Å². The molecule has 0 atom stereocenters. The molecular weight excluding hydrogens is 485 g/mol. The van der Waals surface area contributed by atoms with Gasteiger partial charge in [0.1, 0.15) is 18.0 Å². The van der Waals surface area contributed by atoms with E-state index in [2.05, 4.69) is 5.32 Å². The van der Waals surface area contributed by atoms with Crippen LogP contribution in [0.3, 0.4) is 0 Å². The van der Waals surface area contributed by atoms with Crippen LogP contribution in [-0.2, 0) is 23.7 Å². The molecular formula is C26H36FN3O7. The Morgan fingerprint density at radius 2 is 1.59 bits per heavy atom. The molecule has 10 nitrogen and oxygen atoms in total. The van der Waals surface area contributed by atoms with E-state index in [1.54, 1.807) is 19.4 Å². The van der Waals surface area contributed by atoms with Gasteiger partial charge in [-0.2, -0.15) is 0 Å². The van der Waals surface area contributed by atoms with Gasteiger partial charge in [0.2, 0.25) is 5.43 Å². The van der Waals surface area contributed by atoms with Gasteiger partial charge in [0.15, 0.2) is 0 Å². The van der Waals surface area contributed by atoms with Crippen molar-refractivity contribution in [1.82, 2.24) is 9.88 Å². The fourth-order valence-corrected chi connectivity index (χ4v) is 4.26. The van der Waals surface area contributed by atoms with Crippen molar-refractivity contribution in [1.29, 1.82) is 0 Å². The van der Waals surface area contributed by atoms with E-state index < -0.39 is 17.2 Å². The molecule has 0 amide bonds. The molecule has 1 saturated carbocycles. The van der Waals surface area contributed by atoms with Gasteiger partial charge in [-0.25, -0.2) is 9.18 Å². The number of carbonyl (C=O) groups excluding carboxylic acids is 1. The normalized spacial score (nSPS) is 15.9. The van der Waals surface area contributed by atoms with Gasteiger partial charge in [0, 0.05) is 50.9 Å². The number of aromatic nitrogens is 1. The molecule has 0 radical (unpaired) electrons. The first-order valence-corrected chi connectivity index (χ1v) is 12.8. The number of ether oxygens (including phenoxy) is 5. The molecule has 1 aliphatic heterocycles. The van der Waals surface area contributed by atoms with E-state index in [0.29, 0.717) is 63.9 Å². The molecule has 1 aliphatic carbocycles. The summed E-state index contributed by atoms with van der Waals surface area (Å²) in [5.41, 5.74) is 0.513. The van der Waals surface area contributed by atoms with E-state index in [1.165, 1.54) is 6.07 Å². The van der Waals surface area contributed by atoms with Crippen LogP contribution in [-0.4, -0.2) is 96.7 Å². The third-order valence-corrected chi connectivity index (χ3v) is 6.36. The average molecular weight is 522 g/mol. The van der Waals surface area contributed by atoms with Crippen molar-refractivity contribution in [3.8, 4) is 0 Å². The number of benzene rings is 1. The number of nitrogens with zero attached hydrogens (tertiary/aromatic N) is 2. The van der Waals surface area contributed by atoms with Crippen molar-refractivity contribution in [2.45, 2.75) is 18.9 Å².